The van der Waals surface area contributed by atoms with Crippen molar-refractivity contribution in [3.8, 4) is 11.5 Å². The van der Waals surface area contributed by atoms with Gasteiger partial charge in [-0.3, -0.25) is 0 Å². The summed E-state index contributed by atoms with van der Waals surface area (Å²) in [5.74, 6) is 1.75. The maximum atomic E-state index is 5.95. The maximum absolute atomic E-state index is 5.95. The Kier molecular flexibility index (Phi) is 2.31. The van der Waals surface area contributed by atoms with Crippen LogP contribution in [-0.2, 0) is 6.42 Å². The molecule has 0 N–H and O–H groups in total. The standard InChI is InChI=1S/C13H8Cl2O/c14-10-1-3-12-8(6-10)5-9-7-11(15)2-4-13(9)16-12/h1-4,6-7H,5H2. The molecule has 1 aliphatic heterocycles. The molecule has 0 spiro atoms. The van der Waals surface area contributed by atoms with E-state index in [1.54, 1.807) is 0 Å². The van der Waals surface area contributed by atoms with Gasteiger partial charge in [0.15, 0.2) is 0 Å². The Bertz CT molecular complexity index is 514. The van der Waals surface area contributed by atoms with E-state index in [4.69, 9.17) is 27.9 Å². The second-order valence-corrected chi connectivity index (χ2v) is 4.66. The zero-order valence-corrected chi connectivity index (χ0v) is 9.85. The summed E-state index contributed by atoms with van der Waals surface area (Å²) in [5, 5.41) is 1.46. The number of hydrogen-bond acceptors (Lipinski definition) is 1. The van der Waals surface area contributed by atoms with Gasteiger partial charge < -0.3 is 4.74 Å². The Labute approximate surface area is 104 Å². The molecule has 0 bridgehead atoms. The predicted octanol–water partition coefficient (Wildman–Crippen LogP) is 4.69. The predicted molar refractivity (Wildman–Crippen MR) is 65.8 cm³/mol. The molecule has 2 aromatic rings. The first-order chi connectivity index (χ1) is 7.72. The number of ether oxygens (including phenoxy) is 1. The minimum Gasteiger partial charge on any atom is -0.457 e. The summed E-state index contributed by atoms with van der Waals surface area (Å²) in [5.41, 5.74) is 2.20. The third-order valence-corrected chi connectivity index (χ3v) is 3.12. The highest BCUT2D eigenvalue weighted by Gasteiger charge is 2.17. The quantitative estimate of drug-likeness (QED) is 0.563. The molecule has 0 atom stereocenters. The van der Waals surface area contributed by atoms with E-state index in [2.05, 4.69) is 0 Å². The normalized spacial score (nSPS) is 12.6. The summed E-state index contributed by atoms with van der Waals surface area (Å²) < 4.78 is 5.77. The second kappa shape index (κ2) is 3.69. The molecule has 0 saturated carbocycles. The van der Waals surface area contributed by atoms with Crippen LogP contribution in [0.1, 0.15) is 11.1 Å². The van der Waals surface area contributed by atoms with Gasteiger partial charge in [0.1, 0.15) is 11.5 Å². The smallest absolute Gasteiger partial charge is 0.131 e. The van der Waals surface area contributed by atoms with E-state index in [9.17, 15) is 0 Å². The fraction of sp³-hybridized carbons (Fsp3) is 0.0769. The number of hydrogen-bond donors (Lipinski definition) is 0. The first kappa shape index (κ1) is 10.0. The van der Waals surface area contributed by atoms with Gasteiger partial charge in [0, 0.05) is 27.6 Å². The van der Waals surface area contributed by atoms with Crippen LogP contribution in [0.4, 0.5) is 0 Å². The lowest BCUT2D eigenvalue weighted by Gasteiger charge is -2.20. The zero-order chi connectivity index (χ0) is 11.1. The van der Waals surface area contributed by atoms with Crippen molar-refractivity contribution in [2.75, 3.05) is 0 Å². The highest BCUT2D eigenvalue weighted by Crippen LogP contribution is 2.38. The largest absolute Gasteiger partial charge is 0.457 e. The van der Waals surface area contributed by atoms with Crippen LogP contribution < -0.4 is 4.74 Å². The summed E-state index contributed by atoms with van der Waals surface area (Å²) in [4.78, 5) is 0. The van der Waals surface area contributed by atoms with Gasteiger partial charge in [-0.25, -0.2) is 0 Å². The summed E-state index contributed by atoms with van der Waals surface area (Å²) in [7, 11) is 0. The van der Waals surface area contributed by atoms with Gasteiger partial charge in [-0.2, -0.15) is 0 Å². The Balaban J connectivity index is 2.10. The molecule has 0 unspecified atom stereocenters. The monoisotopic (exact) mass is 250 g/mol. The number of halogens is 2. The van der Waals surface area contributed by atoms with Gasteiger partial charge in [0.2, 0.25) is 0 Å². The van der Waals surface area contributed by atoms with Crippen molar-refractivity contribution >= 4 is 23.2 Å². The average Bonchev–Trinajstić information content (AvgIpc) is 2.26. The van der Waals surface area contributed by atoms with Crippen molar-refractivity contribution in [2.45, 2.75) is 6.42 Å². The van der Waals surface area contributed by atoms with Crippen LogP contribution in [0.2, 0.25) is 10.0 Å². The number of fused-ring (bicyclic) bond motifs is 2. The Morgan fingerprint density at radius 3 is 1.81 bits per heavy atom. The molecule has 3 heteroatoms. The molecule has 0 aliphatic carbocycles. The Morgan fingerprint density at radius 1 is 0.812 bits per heavy atom. The molecule has 0 radical (unpaired) electrons. The van der Waals surface area contributed by atoms with Gasteiger partial charge in [-0.05, 0) is 36.4 Å². The van der Waals surface area contributed by atoms with Gasteiger partial charge in [0.05, 0.1) is 0 Å². The van der Waals surface area contributed by atoms with E-state index in [1.165, 1.54) is 0 Å². The maximum Gasteiger partial charge on any atom is 0.131 e. The Hall–Kier alpha value is -1.18. The Morgan fingerprint density at radius 2 is 1.31 bits per heavy atom. The van der Waals surface area contributed by atoms with Crippen molar-refractivity contribution in [2.24, 2.45) is 0 Å². The van der Waals surface area contributed by atoms with Gasteiger partial charge in [-0.15, -0.1) is 0 Å². The molecular formula is C13H8Cl2O. The topological polar surface area (TPSA) is 9.23 Å². The fourth-order valence-corrected chi connectivity index (χ4v) is 2.28. The van der Waals surface area contributed by atoms with Crippen LogP contribution in [0.3, 0.4) is 0 Å². The van der Waals surface area contributed by atoms with Crippen LogP contribution in [-0.4, -0.2) is 0 Å². The van der Waals surface area contributed by atoms with Crippen molar-refractivity contribution in [1.29, 1.82) is 0 Å². The van der Waals surface area contributed by atoms with Gasteiger partial charge in [-0.1, -0.05) is 23.2 Å². The van der Waals surface area contributed by atoms with Crippen molar-refractivity contribution in [1.82, 2.24) is 0 Å². The minimum absolute atomic E-state index is 0.729. The molecule has 0 saturated heterocycles. The molecule has 1 aliphatic rings. The van der Waals surface area contributed by atoms with Crippen LogP contribution in [0, 0.1) is 0 Å². The van der Waals surface area contributed by atoms with E-state index in [0.29, 0.717) is 0 Å². The fourth-order valence-electron chi connectivity index (χ4n) is 1.90. The molecule has 2 aromatic carbocycles. The molecule has 1 nitrogen and oxygen atoms in total. The third kappa shape index (κ3) is 1.66. The van der Waals surface area contributed by atoms with Crippen LogP contribution in [0.5, 0.6) is 11.5 Å². The number of benzene rings is 2. The van der Waals surface area contributed by atoms with Crippen molar-refractivity contribution < 1.29 is 4.74 Å². The van der Waals surface area contributed by atoms with Crippen LogP contribution >= 0.6 is 23.2 Å². The van der Waals surface area contributed by atoms with Gasteiger partial charge >= 0.3 is 0 Å². The molecule has 80 valence electrons. The van der Waals surface area contributed by atoms with E-state index in [0.717, 1.165) is 39.1 Å². The highest BCUT2D eigenvalue weighted by molar-refractivity contribution is 6.31. The van der Waals surface area contributed by atoms with Crippen molar-refractivity contribution in [3.63, 3.8) is 0 Å². The summed E-state index contributed by atoms with van der Waals surface area (Å²) >= 11 is 11.9. The third-order valence-electron chi connectivity index (χ3n) is 2.65. The van der Waals surface area contributed by atoms with E-state index in [1.807, 2.05) is 36.4 Å². The average molecular weight is 251 g/mol. The second-order valence-electron chi connectivity index (χ2n) is 3.78. The summed E-state index contributed by atoms with van der Waals surface area (Å²) in [6.45, 7) is 0. The lowest BCUT2D eigenvalue weighted by atomic mass is 10.0. The van der Waals surface area contributed by atoms with E-state index >= 15 is 0 Å². The summed E-state index contributed by atoms with van der Waals surface area (Å²) in [6.07, 6.45) is 0.811. The summed E-state index contributed by atoms with van der Waals surface area (Å²) in [6, 6.07) is 11.3. The van der Waals surface area contributed by atoms with Crippen LogP contribution in [0.25, 0.3) is 0 Å². The van der Waals surface area contributed by atoms with E-state index in [-0.39, 0.29) is 0 Å². The molecule has 0 amide bonds. The minimum atomic E-state index is 0.729. The lowest BCUT2D eigenvalue weighted by molar-refractivity contribution is 0.460. The SMILES string of the molecule is Clc1ccc2c(c1)Cc1cc(Cl)ccc1O2. The lowest BCUT2D eigenvalue weighted by Crippen LogP contribution is -2.02. The highest BCUT2D eigenvalue weighted by atomic mass is 35.5. The first-order valence-corrected chi connectivity index (χ1v) is 5.73. The first-order valence-electron chi connectivity index (χ1n) is 4.97. The number of rotatable bonds is 0. The van der Waals surface area contributed by atoms with E-state index < -0.39 is 0 Å². The molecule has 3 rings (SSSR count). The molecular weight excluding hydrogens is 243 g/mol. The zero-order valence-electron chi connectivity index (χ0n) is 8.34. The van der Waals surface area contributed by atoms with Crippen molar-refractivity contribution in [3.05, 3.63) is 57.6 Å². The molecule has 0 fully saturated rings. The molecule has 16 heavy (non-hydrogen) atoms. The molecule has 1 heterocycles. The van der Waals surface area contributed by atoms with Crippen LogP contribution in [0.15, 0.2) is 36.4 Å². The van der Waals surface area contributed by atoms with Gasteiger partial charge in [0.25, 0.3) is 0 Å². The molecule has 0 aromatic heterocycles.